The Morgan fingerprint density at radius 1 is 0.595 bits per heavy atom. The van der Waals surface area contributed by atoms with Crippen molar-refractivity contribution in [3.8, 4) is 0 Å². The number of rotatable bonds is 33. The molecule has 0 saturated carbocycles. The highest BCUT2D eigenvalue weighted by molar-refractivity contribution is 7.81. The molecule has 15 heteroatoms. The zero-order chi connectivity index (χ0) is 30.9. The van der Waals surface area contributed by atoms with Gasteiger partial charge in [-0.15, -0.1) is 0 Å². The van der Waals surface area contributed by atoms with Crippen LogP contribution in [-0.4, -0.2) is 147 Å². The van der Waals surface area contributed by atoms with Crippen molar-refractivity contribution in [3.05, 3.63) is 0 Å². The van der Waals surface area contributed by atoms with E-state index in [1.165, 1.54) is 0 Å². The van der Waals surface area contributed by atoms with E-state index in [2.05, 4.69) is 48.5 Å². The Kier molecular flexibility index (Phi) is 33.3. The monoisotopic (exact) mass is 662 g/mol. The van der Waals surface area contributed by atoms with Gasteiger partial charge in [-0.1, -0.05) is 0 Å². The number of hydrogen-bond donors (Lipinski definition) is 5. The maximum absolute atomic E-state index is 12.2. The van der Waals surface area contributed by atoms with Crippen LogP contribution in [0.2, 0.25) is 0 Å². The van der Waals surface area contributed by atoms with Crippen molar-refractivity contribution in [2.24, 2.45) is 0 Å². The van der Waals surface area contributed by atoms with Crippen molar-refractivity contribution in [2.75, 3.05) is 124 Å². The molecule has 0 spiro atoms. The normalized spacial score (nSPS) is 12.8. The van der Waals surface area contributed by atoms with Crippen LogP contribution in [0, 0.1) is 0 Å². The molecule has 0 aliphatic carbocycles. The van der Waals surface area contributed by atoms with E-state index >= 15 is 0 Å². The van der Waals surface area contributed by atoms with Crippen molar-refractivity contribution < 1.29 is 47.5 Å². The number of hydrogen-bond acceptors (Lipinski definition) is 13. The summed E-state index contributed by atoms with van der Waals surface area (Å²) >= 11 is 13.0. The number of nitrogens with one attached hydrogen (secondary N) is 2. The predicted octanol–water partition coefficient (Wildman–Crippen LogP) is 1.07. The van der Waals surface area contributed by atoms with E-state index in [1.54, 1.807) is 7.11 Å². The fraction of sp³-hybridized carbons (Fsp3) is 0.926. The lowest BCUT2D eigenvalue weighted by Crippen LogP contribution is -2.46. The summed E-state index contributed by atoms with van der Waals surface area (Å²) in [4.78, 5) is 24.2. The first-order valence-corrected chi connectivity index (χ1v) is 16.3. The number of amides is 2. The van der Waals surface area contributed by atoms with Crippen molar-refractivity contribution in [2.45, 2.75) is 37.0 Å². The summed E-state index contributed by atoms with van der Waals surface area (Å²) in [5, 5.41) is 5.57. The molecule has 0 rings (SSSR count). The van der Waals surface area contributed by atoms with Gasteiger partial charge in [0.15, 0.2) is 0 Å². The SMILES string of the molecule is COCCOCCOCCOCCOCCOCCOCCOCCC(=O)NCC(=O)NC(CCCS)C(S)CCS. The lowest BCUT2D eigenvalue weighted by Gasteiger charge is -2.24. The molecule has 0 aromatic carbocycles. The summed E-state index contributed by atoms with van der Waals surface area (Å²) < 4.78 is 42.7. The summed E-state index contributed by atoms with van der Waals surface area (Å²) in [6.45, 7) is 7.03. The van der Waals surface area contributed by atoms with Gasteiger partial charge in [-0.3, -0.25) is 9.59 Å². The summed E-state index contributed by atoms with van der Waals surface area (Å²) in [6.07, 6.45) is 2.60. The van der Waals surface area contributed by atoms with Gasteiger partial charge >= 0.3 is 0 Å². The van der Waals surface area contributed by atoms with Crippen LogP contribution in [0.4, 0.5) is 0 Å². The van der Waals surface area contributed by atoms with Crippen LogP contribution in [0.25, 0.3) is 0 Å². The van der Waals surface area contributed by atoms with E-state index in [9.17, 15) is 9.59 Å². The van der Waals surface area contributed by atoms with Gasteiger partial charge < -0.3 is 48.5 Å². The molecule has 0 aromatic rings. The zero-order valence-electron chi connectivity index (χ0n) is 25.1. The molecule has 0 radical (unpaired) electrons. The van der Waals surface area contributed by atoms with E-state index in [4.69, 9.17) is 37.9 Å². The van der Waals surface area contributed by atoms with Crippen LogP contribution in [-0.2, 0) is 47.5 Å². The van der Waals surface area contributed by atoms with Gasteiger partial charge in [0.2, 0.25) is 11.8 Å². The average molecular weight is 663 g/mol. The second-order valence-corrected chi connectivity index (χ2v) is 10.5. The fourth-order valence-corrected chi connectivity index (χ4v) is 4.28. The number of ether oxygens (including phenoxy) is 8. The van der Waals surface area contributed by atoms with Gasteiger partial charge in [-0.25, -0.2) is 0 Å². The third-order valence-electron chi connectivity index (χ3n) is 5.49. The van der Waals surface area contributed by atoms with Crippen LogP contribution in [0.1, 0.15) is 25.7 Å². The molecular weight excluding hydrogens is 609 g/mol. The Morgan fingerprint density at radius 3 is 1.43 bits per heavy atom. The van der Waals surface area contributed by atoms with Crippen molar-refractivity contribution in [3.63, 3.8) is 0 Å². The molecule has 12 nitrogen and oxygen atoms in total. The molecule has 42 heavy (non-hydrogen) atoms. The molecule has 2 atom stereocenters. The van der Waals surface area contributed by atoms with Gasteiger partial charge in [0, 0.05) is 24.8 Å². The topological polar surface area (TPSA) is 132 Å². The standard InChI is InChI=1S/C27H54N2O10S3/c1-32-7-8-34-11-12-36-15-16-38-19-20-39-18-17-37-14-13-35-10-9-33-6-4-26(30)28-23-27(31)29-24(3-2-21-40)25(42)5-22-41/h24-25,40-42H,2-23H2,1H3,(H,28,30)(H,29,31). The quantitative estimate of drug-likeness (QED) is 0.0514. The van der Waals surface area contributed by atoms with Crippen LogP contribution in [0.5, 0.6) is 0 Å². The summed E-state index contributed by atoms with van der Waals surface area (Å²) in [7, 11) is 1.64. The Balaban J connectivity index is 3.43. The van der Waals surface area contributed by atoms with Crippen molar-refractivity contribution in [1.29, 1.82) is 0 Å². The highest BCUT2D eigenvalue weighted by Crippen LogP contribution is 2.13. The fourth-order valence-electron chi connectivity index (χ4n) is 3.26. The first-order chi connectivity index (χ1) is 20.5. The lowest BCUT2D eigenvalue weighted by atomic mass is 10.1. The Bertz CT molecular complexity index is 615. The number of carbonyl (C=O) groups excluding carboxylic acids is 2. The Labute approximate surface area is 268 Å². The van der Waals surface area contributed by atoms with Gasteiger partial charge in [0.05, 0.1) is 106 Å². The molecule has 0 aromatic heterocycles. The molecule has 0 aliphatic rings. The molecule has 2 unspecified atom stereocenters. The second-order valence-electron chi connectivity index (χ2n) is 8.93. The highest BCUT2D eigenvalue weighted by Gasteiger charge is 2.19. The third-order valence-corrected chi connectivity index (χ3v) is 6.68. The van der Waals surface area contributed by atoms with Gasteiger partial charge in [-0.05, 0) is 30.8 Å². The summed E-state index contributed by atoms with van der Waals surface area (Å²) in [6, 6.07) is -0.0795. The third kappa shape index (κ3) is 29.7. The lowest BCUT2D eigenvalue weighted by molar-refractivity contribution is -0.127. The molecule has 0 heterocycles. The van der Waals surface area contributed by atoms with Crippen LogP contribution in [0.3, 0.4) is 0 Å². The number of thiol groups is 3. The molecule has 2 amide bonds. The Hall–Kier alpha value is -0.330. The maximum atomic E-state index is 12.2. The minimum absolute atomic E-state index is 0.00855. The summed E-state index contributed by atoms with van der Waals surface area (Å²) in [5.74, 6) is 0.941. The van der Waals surface area contributed by atoms with Crippen LogP contribution >= 0.6 is 37.9 Å². The number of carbonyl (C=O) groups is 2. The van der Waals surface area contributed by atoms with Gasteiger partial charge in [0.25, 0.3) is 0 Å². The van der Waals surface area contributed by atoms with E-state index < -0.39 is 0 Å². The molecule has 2 N–H and O–H groups in total. The van der Waals surface area contributed by atoms with E-state index in [-0.39, 0.29) is 42.7 Å². The molecule has 250 valence electrons. The molecule has 0 bridgehead atoms. The first-order valence-electron chi connectivity index (χ1n) is 14.5. The van der Waals surface area contributed by atoms with E-state index in [1.807, 2.05) is 0 Å². The van der Waals surface area contributed by atoms with Crippen LogP contribution < -0.4 is 10.6 Å². The van der Waals surface area contributed by atoms with Gasteiger partial charge in [0.1, 0.15) is 0 Å². The molecular formula is C27H54N2O10S3. The second kappa shape index (κ2) is 33.6. The smallest absolute Gasteiger partial charge is 0.239 e. The molecule has 0 aliphatic heterocycles. The van der Waals surface area contributed by atoms with E-state index in [0.717, 1.165) is 25.0 Å². The maximum Gasteiger partial charge on any atom is 0.239 e. The van der Waals surface area contributed by atoms with Crippen LogP contribution in [0.15, 0.2) is 0 Å². The number of methoxy groups -OCH3 is 1. The Morgan fingerprint density at radius 2 is 1.02 bits per heavy atom. The predicted molar refractivity (Wildman–Crippen MR) is 171 cm³/mol. The first kappa shape index (κ1) is 41.7. The highest BCUT2D eigenvalue weighted by atomic mass is 32.1. The van der Waals surface area contributed by atoms with Crippen molar-refractivity contribution in [1.82, 2.24) is 10.6 Å². The van der Waals surface area contributed by atoms with Gasteiger partial charge in [-0.2, -0.15) is 37.9 Å². The summed E-state index contributed by atoms with van der Waals surface area (Å²) in [5.41, 5.74) is 0. The largest absolute Gasteiger partial charge is 0.382 e. The molecule has 0 fully saturated rings. The average Bonchev–Trinajstić information content (AvgIpc) is 2.98. The minimum atomic E-state index is -0.248. The molecule has 0 saturated heterocycles. The van der Waals surface area contributed by atoms with Crippen molar-refractivity contribution >= 4 is 49.7 Å². The minimum Gasteiger partial charge on any atom is -0.382 e. The zero-order valence-corrected chi connectivity index (χ0v) is 27.8. The van der Waals surface area contributed by atoms with E-state index in [0.29, 0.717) is 98.2 Å².